The first-order valence-electron chi connectivity index (χ1n) is 7.03. The van der Waals surface area contributed by atoms with E-state index in [-0.39, 0.29) is 18.0 Å². The minimum absolute atomic E-state index is 0.0184. The normalized spacial score (nSPS) is 20.0. The van der Waals surface area contributed by atoms with E-state index in [0.29, 0.717) is 6.61 Å². The molecule has 1 aromatic carbocycles. The van der Waals surface area contributed by atoms with Gasteiger partial charge in [0.05, 0.1) is 11.6 Å². The highest BCUT2D eigenvalue weighted by molar-refractivity contribution is 5.72. The van der Waals surface area contributed by atoms with Crippen LogP contribution in [0.2, 0.25) is 0 Å². The van der Waals surface area contributed by atoms with Gasteiger partial charge in [0.25, 0.3) is 6.02 Å². The number of amidine groups is 1. The summed E-state index contributed by atoms with van der Waals surface area (Å²) in [5.74, 6) is 0.0873. The van der Waals surface area contributed by atoms with Gasteiger partial charge >= 0.3 is 6.18 Å². The smallest absolute Gasteiger partial charge is 0.416 e. The minimum atomic E-state index is -4.30. The molecule has 2 unspecified atom stereocenters. The van der Waals surface area contributed by atoms with Gasteiger partial charge in [-0.15, -0.1) is 0 Å². The zero-order valence-corrected chi connectivity index (χ0v) is 11.9. The van der Waals surface area contributed by atoms with Gasteiger partial charge in [-0.3, -0.25) is 0 Å². The molecule has 1 aromatic rings. The van der Waals surface area contributed by atoms with E-state index in [1.165, 1.54) is 12.1 Å². The van der Waals surface area contributed by atoms with Gasteiger partial charge in [0.1, 0.15) is 6.61 Å². The number of aliphatic imine (C=N–C) groups is 1. The maximum Gasteiger partial charge on any atom is 0.416 e. The third-order valence-corrected chi connectivity index (χ3v) is 3.76. The molecule has 0 spiro atoms. The first-order chi connectivity index (χ1) is 9.90. The first-order valence-corrected chi connectivity index (χ1v) is 7.03. The van der Waals surface area contributed by atoms with Crippen molar-refractivity contribution < 1.29 is 17.9 Å². The average molecular weight is 300 g/mol. The number of nitrogens with two attached hydrogens (primary N) is 1. The van der Waals surface area contributed by atoms with Crippen molar-refractivity contribution in [3.8, 4) is 0 Å². The Kier molecular flexibility index (Phi) is 4.75. The molecule has 2 rings (SSSR count). The van der Waals surface area contributed by atoms with Gasteiger partial charge in [-0.05, 0) is 36.8 Å². The van der Waals surface area contributed by atoms with Crippen LogP contribution in [0.25, 0.3) is 0 Å². The largest absolute Gasteiger partial charge is 0.463 e. The summed E-state index contributed by atoms with van der Waals surface area (Å²) in [6.45, 7) is 2.44. The molecule has 0 saturated carbocycles. The fourth-order valence-corrected chi connectivity index (χ4v) is 2.55. The summed E-state index contributed by atoms with van der Waals surface area (Å²) in [6.07, 6.45) is -1.99. The summed E-state index contributed by atoms with van der Waals surface area (Å²) in [4.78, 5) is 4.14. The van der Waals surface area contributed by atoms with Crippen LogP contribution in [0.1, 0.15) is 43.2 Å². The summed E-state index contributed by atoms with van der Waals surface area (Å²) in [5.41, 5.74) is 5.58. The Morgan fingerprint density at radius 3 is 2.76 bits per heavy atom. The van der Waals surface area contributed by atoms with Crippen LogP contribution < -0.4 is 5.73 Å². The molecule has 21 heavy (non-hydrogen) atoms. The molecular formula is C15H19F3N2O. The SMILES string of the molecule is CCC(CCC1COC(N)=N1)c1cccc(C(F)(F)F)c1. The lowest BCUT2D eigenvalue weighted by Gasteiger charge is -2.18. The second-order valence-corrected chi connectivity index (χ2v) is 5.24. The van der Waals surface area contributed by atoms with Gasteiger partial charge in [-0.1, -0.05) is 25.1 Å². The molecule has 0 fully saturated rings. The molecule has 1 aliphatic rings. The number of ether oxygens (including phenoxy) is 1. The lowest BCUT2D eigenvalue weighted by atomic mass is 9.89. The molecule has 116 valence electrons. The molecule has 2 N–H and O–H groups in total. The molecule has 6 heteroatoms. The lowest BCUT2D eigenvalue weighted by Crippen LogP contribution is -2.11. The highest BCUT2D eigenvalue weighted by atomic mass is 19.4. The maximum atomic E-state index is 12.8. The fourth-order valence-electron chi connectivity index (χ4n) is 2.55. The molecule has 0 amide bonds. The minimum Gasteiger partial charge on any atom is -0.463 e. The molecule has 0 aromatic heterocycles. The molecule has 0 aliphatic carbocycles. The lowest BCUT2D eigenvalue weighted by molar-refractivity contribution is -0.137. The van der Waals surface area contributed by atoms with Crippen molar-refractivity contribution in [1.82, 2.24) is 0 Å². The second-order valence-electron chi connectivity index (χ2n) is 5.24. The van der Waals surface area contributed by atoms with Crippen LogP contribution in [0.5, 0.6) is 0 Å². The van der Waals surface area contributed by atoms with Crippen molar-refractivity contribution in [2.75, 3.05) is 6.61 Å². The van der Waals surface area contributed by atoms with Crippen LogP contribution in [0.3, 0.4) is 0 Å². The van der Waals surface area contributed by atoms with Crippen LogP contribution in [-0.4, -0.2) is 18.7 Å². The molecule has 0 bridgehead atoms. The Morgan fingerprint density at radius 1 is 1.43 bits per heavy atom. The summed E-state index contributed by atoms with van der Waals surface area (Å²) >= 11 is 0. The fraction of sp³-hybridized carbons (Fsp3) is 0.533. The number of hydrogen-bond acceptors (Lipinski definition) is 3. The van der Waals surface area contributed by atoms with E-state index in [1.54, 1.807) is 6.07 Å². The predicted molar refractivity (Wildman–Crippen MR) is 75.1 cm³/mol. The van der Waals surface area contributed by atoms with E-state index < -0.39 is 11.7 Å². The summed E-state index contributed by atoms with van der Waals surface area (Å²) < 4.78 is 43.4. The second kappa shape index (κ2) is 6.37. The summed E-state index contributed by atoms with van der Waals surface area (Å²) in [5, 5.41) is 0. The highest BCUT2D eigenvalue weighted by Gasteiger charge is 2.31. The number of rotatable bonds is 5. The van der Waals surface area contributed by atoms with Gasteiger partial charge < -0.3 is 10.5 Å². The number of benzene rings is 1. The Hall–Kier alpha value is -1.72. The number of nitrogens with zero attached hydrogens (tertiary/aromatic N) is 1. The van der Waals surface area contributed by atoms with Crippen molar-refractivity contribution in [2.45, 2.75) is 44.3 Å². The van der Waals surface area contributed by atoms with E-state index in [4.69, 9.17) is 10.5 Å². The van der Waals surface area contributed by atoms with Crippen LogP contribution in [0.15, 0.2) is 29.3 Å². The predicted octanol–water partition coefficient (Wildman–Crippen LogP) is 3.69. The summed E-state index contributed by atoms with van der Waals surface area (Å²) in [7, 11) is 0. The number of alkyl halides is 3. The third kappa shape index (κ3) is 4.12. The monoisotopic (exact) mass is 300 g/mol. The quantitative estimate of drug-likeness (QED) is 0.901. The molecule has 0 radical (unpaired) electrons. The van der Waals surface area contributed by atoms with Crippen molar-refractivity contribution >= 4 is 6.02 Å². The van der Waals surface area contributed by atoms with Gasteiger partial charge in [0.2, 0.25) is 0 Å². The standard InChI is InChI=1S/C15H19F3N2O/c1-2-10(6-7-13-9-21-14(19)20-13)11-4-3-5-12(8-11)15(16,17)18/h3-5,8,10,13H,2,6-7,9H2,1H3,(H2,19,20). The molecular weight excluding hydrogens is 281 g/mol. The zero-order valence-electron chi connectivity index (χ0n) is 11.9. The van der Waals surface area contributed by atoms with Crippen molar-refractivity contribution in [3.63, 3.8) is 0 Å². The maximum absolute atomic E-state index is 12.8. The van der Waals surface area contributed by atoms with E-state index in [2.05, 4.69) is 4.99 Å². The van der Waals surface area contributed by atoms with Crippen LogP contribution in [0, 0.1) is 0 Å². The van der Waals surface area contributed by atoms with Gasteiger partial charge in [-0.25, -0.2) is 4.99 Å². The zero-order chi connectivity index (χ0) is 15.5. The van der Waals surface area contributed by atoms with E-state index >= 15 is 0 Å². The average Bonchev–Trinajstić information content (AvgIpc) is 2.85. The molecule has 1 aliphatic heterocycles. The van der Waals surface area contributed by atoms with Gasteiger partial charge in [0, 0.05) is 0 Å². The molecule has 0 saturated heterocycles. The van der Waals surface area contributed by atoms with Crippen molar-refractivity contribution in [1.29, 1.82) is 0 Å². The van der Waals surface area contributed by atoms with E-state index in [0.717, 1.165) is 30.9 Å². The first kappa shape index (κ1) is 15.7. The topological polar surface area (TPSA) is 47.6 Å². The Bertz CT molecular complexity index is 514. The van der Waals surface area contributed by atoms with E-state index in [1.807, 2.05) is 6.92 Å². The number of halogens is 3. The van der Waals surface area contributed by atoms with Gasteiger partial charge in [0.15, 0.2) is 0 Å². The Balaban J connectivity index is 2.03. The summed E-state index contributed by atoms with van der Waals surface area (Å²) in [6, 6.07) is 5.79. The van der Waals surface area contributed by atoms with Crippen molar-refractivity contribution in [3.05, 3.63) is 35.4 Å². The Morgan fingerprint density at radius 2 is 2.19 bits per heavy atom. The van der Waals surface area contributed by atoms with Gasteiger partial charge in [-0.2, -0.15) is 13.2 Å². The third-order valence-electron chi connectivity index (χ3n) is 3.76. The Labute approximate surface area is 122 Å². The molecule has 3 nitrogen and oxygen atoms in total. The van der Waals surface area contributed by atoms with Crippen molar-refractivity contribution in [2.24, 2.45) is 10.7 Å². The molecule has 1 heterocycles. The van der Waals surface area contributed by atoms with Crippen LogP contribution >= 0.6 is 0 Å². The molecule has 2 atom stereocenters. The van der Waals surface area contributed by atoms with E-state index in [9.17, 15) is 13.2 Å². The number of hydrogen-bond donors (Lipinski definition) is 1. The van der Waals surface area contributed by atoms with Crippen LogP contribution in [-0.2, 0) is 10.9 Å². The highest BCUT2D eigenvalue weighted by Crippen LogP contribution is 2.33. The van der Waals surface area contributed by atoms with Crippen LogP contribution in [0.4, 0.5) is 13.2 Å².